The van der Waals surface area contributed by atoms with Crippen LogP contribution in [-0.4, -0.2) is 25.1 Å². The fraction of sp³-hybridized carbons (Fsp3) is 0.143. The van der Waals surface area contributed by atoms with E-state index in [-0.39, 0.29) is 12.3 Å². The molecule has 0 aliphatic rings. The van der Waals surface area contributed by atoms with Gasteiger partial charge in [-0.3, -0.25) is 4.79 Å². The van der Waals surface area contributed by atoms with E-state index in [1.165, 1.54) is 0 Å². The number of para-hydroxylation sites is 1. The van der Waals surface area contributed by atoms with Crippen molar-refractivity contribution in [2.45, 2.75) is 6.42 Å². The third kappa shape index (κ3) is 4.92. The van der Waals surface area contributed by atoms with E-state index in [9.17, 15) is 4.79 Å². The van der Waals surface area contributed by atoms with Gasteiger partial charge in [-0.2, -0.15) is 0 Å². The van der Waals surface area contributed by atoms with Crippen molar-refractivity contribution in [3.8, 4) is 11.5 Å². The normalized spacial score (nSPS) is 10.2. The molecule has 2 aromatic carbocycles. The Balaban J connectivity index is 1.61. The number of carbonyl (C=O) groups excluding carboxylic acids is 1. The molecule has 0 atom stereocenters. The predicted molar refractivity (Wildman–Crippen MR) is 111 cm³/mol. The molecule has 0 aliphatic heterocycles. The Morgan fingerprint density at radius 2 is 1.82 bits per heavy atom. The molecular formula is C21H20ClN3O3. The Hall–Kier alpha value is -3.25. The first-order valence-corrected chi connectivity index (χ1v) is 8.95. The molecular weight excluding hydrogens is 378 g/mol. The number of aromatic nitrogens is 1. The van der Waals surface area contributed by atoms with Crippen molar-refractivity contribution in [2.75, 3.05) is 24.9 Å². The van der Waals surface area contributed by atoms with Gasteiger partial charge in [0.05, 0.1) is 43.2 Å². The number of methoxy groups -OCH3 is 2. The molecule has 28 heavy (non-hydrogen) atoms. The molecule has 0 radical (unpaired) electrons. The van der Waals surface area contributed by atoms with E-state index in [0.29, 0.717) is 22.3 Å². The summed E-state index contributed by atoms with van der Waals surface area (Å²) in [5, 5.41) is 6.59. The number of anilines is 3. The zero-order chi connectivity index (χ0) is 19.9. The maximum absolute atomic E-state index is 12.3. The van der Waals surface area contributed by atoms with Crippen LogP contribution in [0.25, 0.3) is 0 Å². The van der Waals surface area contributed by atoms with Crippen LogP contribution in [0.2, 0.25) is 5.02 Å². The van der Waals surface area contributed by atoms with E-state index in [2.05, 4.69) is 15.6 Å². The Bertz CT molecular complexity index is 961. The fourth-order valence-corrected chi connectivity index (χ4v) is 2.81. The largest absolute Gasteiger partial charge is 0.493 e. The second kappa shape index (κ2) is 9.10. The number of hydrogen-bond acceptors (Lipinski definition) is 5. The average molecular weight is 398 g/mol. The Morgan fingerprint density at radius 3 is 2.50 bits per heavy atom. The molecule has 7 heteroatoms. The van der Waals surface area contributed by atoms with E-state index in [1.807, 2.05) is 30.3 Å². The van der Waals surface area contributed by atoms with E-state index >= 15 is 0 Å². The lowest BCUT2D eigenvalue weighted by atomic mass is 10.1. The molecule has 2 N–H and O–H groups in total. The standard InChI is InChI=1S/C21H20ClN3O3/c1-27-18-9-7-14(11-19(18)28-2)12-21(26)25-20-10-8-15(13-23-20)24-17-6-4-3-5-16(17)22/h3-11,13,24H,12H2,1-2H3,(H,23,25,26). The highest BCUT2D eigenvalue weighted by atomic mass is 35.5. The lowest BCUT2D eigenvalue weighted by Crippen LogP contribution is -2.15. The van der Waals surface area contributed by atoms with Crippen LogP contribution in [0.15, 0.2) is 60.8 Å². The van der Waals surface area contributed by atoms with Gasteiger partial charge in [0.25, 0.3) is 0 Å². The van der Waals surface area contributed by atoms with E-state index < -0.39 is 0 Å². The van der Waals surface area contributed by atoms with Gasteiger partial charge in [0, 0.05) is 0 Å². The van der Waals surface area contributed by atoms with Gasteiger partial charge in [-0.05, 0) is 42.0 Å². The van der Waals surface area contributed by atoms with Crippen LogP contribution < -0.4 is 20.1 Å². The molecule has 1 amide bonds. The highest BCUT2D eigenvalue weighted by Crippen LogP contribution is 2.28. The third-order valence-electron chi connectivity index (χ3n) is 4.00. The first-order chi connectivity index (χ1) is 13.6. The van der Waals surface area contributed by atoms with Crippen LogP contribution in [0, 0.1) is 0 Å². The Labute approximate surface area is 168 Å². The lowest BCUT2D eigenvalue weighted by molar-refractivity contribution is -0.115. The summed E-state index contributed by atoms with van der Waals surface area (Å²) in [6, 6.07) is 16.4. The molecule has 3 rings (SSSR count). The van der Waals surface area contributed by atoms with Crippen LogP contribution in [-0.2, 0) is 11.2 Å². The smallest absolute Gasteiger partial charge is 0.229 e. The van der Waals surface area contributed by atoms with Gasteiger partial charge in [0.2, 0.25) is 5.91 Å². The molecule has 0 aliphatic carbocycles. The minimum atomic E-state index is -0.175. The van der Waals surface area contributed by atoms with Gasteiger partial charge in [-0.25, -0.2) is 4.98 Å². The number of ether oxygens (including phenoxy) is 2. The van der Waals surface area contributed by atoms with Crippen LogP contribution in [0.1, 0.15) is 5.56 Å². The minimum Gasteiger partial charge on any atom is -0.493 e. The van der Waals surface area contributed by atoms with Crippen molar-refractivity contribution in [3.05, 3.63) is 71.4 Å². The van der Waals surface area contributed by atoms with Crippen molar-refractivity contribution in [2.24, 2.45) is 0 Å². The second-order valence-corrected chi connectivity index (χ2v) is 6.36. The topological polar surface area (TPSA) is 72.5 Å². The van der Waals surface area contributed by atoms with Crippen LogP contribution in [0.5, 0.6) is 11.5 Å². The fourth-order valence-electron chi connectivity index (χ4n) is 2.62. The average Bonchev–Trinajstić information content (AvgIpc) is 2.71. The molecule has 0 spiro atoms. The first kappa shape index (κ1) is 19.5. The van der Waals surface area contributed by atoms with Gasteiger partial charge in [-0.1, -0.05) is 29.8 Å². The molecule has 3 aromatic rings. The summed E-state index contributed by atoms with van der Waals surface area (Å²) in [4.78, 5) is 16.6. The number of halogens is 1. The number of hydrogen-bond donors (Lipinski definition) is 2. The number of carbonyl (C=O) groups is 1. The number of benzene rings is 2. The Morgan fingerprint density at radius 1 is 1.04 bits per heavy atom. The van der Waals surface area contributed by atoms with Crippen molar-refractivity contribution in [3.63, 3.8) is 0 Å². The highest BCUT2D eigenvalue weighted by molar-refractivity contribution is 6.33. The summed E-state index contributed by atoms with van der Waals surface area (Å²) >= 11 is 6.14. The van der Waals surface area contributed by atoms with Crippen LogP contribution in [0.4, 0.5) is 17.2 Å². The number of amides is 1. The monoisotopic (exact) mass is 397 g/mol. The number of nitrogens with one attached hydrogen (secondary N) is 2. The number of nitrogens with zero attached hydrogens (tertiary/aromatic N) is 1. The van der Waals surface area contributed by atoms with Crippen LogP contribution in [0.3, 0.4) is 0 Å². The summed E-state index contributed by atoms with van der Waals surface area (Å²) in [5.74, 6) is 1.50. The lowest BCUT2D eigenvalue weighted by Gasteiger charge is -2.10. The Kier molecular flexibility index (Phi) is 6.34. The molecule has 0 unspecified atom stereocenters. The summed E-state index contributed by atoms with van der Waals surface area (Å²) in [6.07, 6.45) is 1.83. The highest BCUT2D eigenvalue weighted by Gasteiger charge is 2.09. The van der Waals surface area contributed by atoms with Crippen molar-refractivity contribution < 1.29 is 14.3 Å². The molecule has 144 valence electrons. The first-order valence-electron chi connectivity index (χ1n) is 8.57. The minimum absolute atomic E-state index is 0.175. The summed E-state index contributed by atoms with van der Waals surface area (Å²) in [5.41, 5.74) is 2.37. The number of rotatable bonds is 7. The van der Waals surface area contributed by atoms with Gasteiger partial charge >= 0.3 is 0 Å². The molecule has 0 fully saturated rings. The summed E-state index contributed by atoms with van der Waals surface area (Å²) in [7, 11) is 3.13. The van der Waals surface area contributed by atoms with Gasteiger partial charge < -0.3 is 20.1 Å². The van der Waals surface area contributed by atoms with Crippen molar-refractivity contribution in [1.82, 2.24) is 4.98 Å². The third-order valence-corrected chi connectivity index (χ3v) is 4.33. The van der Waals surface area contributed by atoms with Gasteiger partial charge in [0.15, 0.2) is 11.5 Å². The zero-order valence-corrected chi connectivity index (χ0v) is 16.3. The maximum atomic E-state index is 12.3. The van der Waals surface area contributed by atoms with E-state index in [4.69, 9.17) is 21.1 Å². The van der Waals surface area contributed by atoms with E-state index in [0.717, 1.165) is 16.9 Å². The molecule has 1 aromatic heterocycles. The van der Waals surface area contributed by atoms with Crippen molar-refractivity contribution >= 4 is 34.7 Å². The summed E-state index contributed by atoms with van der Waals surface area (Å²) in [6.45, 7) is 0. The number of pyridine rings is 1. The molecule has 0 saturated heterocycles. The quantitative estimate of drug-likeness (QED) is 0.605. The van der Waals surface area contributed by atoms with Gasteiger partial charge in [-0.15, -0.1) is 0 Å². The van der Waals surface area contributed by atoms with Crippen molar-refractivity contribution in [1.29, 1.82) is 0 Å². The summed E-state index contributed by atoms with van der Waals surface area (Å²) < 4.78 is 10.5. The van der Waals surface area contributed by atoms with E-state index in [1.54, 1.807) is 44.7 Å². The van der Waals surface area contributed by atoms with Gasteiger partial charge in [0.1, 0.15) is 5.82 Å². The SMILES string of the molecule is COc1ccc(CC(=O)Nc2ccc(Nc3ccccc3Cl)cn2)cc1OC. The predicted octanol–water partition coefficient (Wildman–Crippen LogP) is 4.68. The molecule has 6 nitrogen and oxygen atoms in total. The van der Waals surface area contributed by atoms with Crippen LogP contribution >= 0.6 is 11.6 Å². The molecule has 0 saturated carbocycles. The zero-order valence-electron chi connectivity index (χ0n) is 15.5. The second-order valence-electron chi connectivity index (χ2n) is 5.95. The molecule has 1 heterocycles. The molecule has 0 bridgehead atoms. The maximum Gasteiger partial charge on any atom is 0.229 e.